The maximum atomic E-state index is 12.1. The van der Waals surface area contributed by atoms with Crippen molar-refractivity contribution in [3.63, 3.8) is 0 Å². The Hall–Kier alpha value is -1.61. The third-order valence-electron chi connectivity index (χ3n) is 3.27. The van der Waals surface area contributed by atoms with Gasteiger partial charge in [-0.1, -0.05) is 29.7 Å². The van der Waals surface area contributed by atoms with Gasteiger partial charge in [0.2, 0.25) is 0 Å². The quantitative estimate of drug-likeness (QED) is 0.593. The van der Waals surface area contributed by atoms with E-state index in [1.807, 2.05) is 19.2 Å². The van der Waals surface area contributed by atoms with Crippen molar-refractivity contribution in [2.75, 3.05) is 0 Å². The summed E-state index contributed by atoms with van der Waals surface area (Å²) in [7, 11) is 1.82. The average Bonchev–Trinajstić information content (AvgIpc) is 2.54. The molecule has 0 aliphatic carbocycles. The van der Waals surface area contributed by atoms with Gasteiger partial charge in [0.25, 0.3) is 5.56 Å². The first-order valence-corrected chi connectivity index (χ1v) is 6.36. The van der Waals surface area contributed by atoms with Gasteiger partial charge in [-0.05, 0) is 41.8 Å². The van der Waals surface area contributed by atoms with Gasteiger partial charge < -0.3 is 0 Å². The van der Waals surface area contributed by atoms with Crippen LogP contribution in [-0.2, 0) is 7.05 Å². The Morgan fingerprint density at radius 3 is 2.65 bits per heavy atom. The minimum atomic E-state index is 0.112. The van der Waals surface area contributed by atoms with Gasteiger partial charge in [0.05, 0.1) is 10.1 Å². The van der Waals surface area contributed by atoms with Crippen molar-refractivity contribution in [3.8, 4) is 0 Å². The van der Waals surface area contributed by atoms with Gasteiger partial charge in [0.1, 0.15) is 0 Å². The first-order chi connectivity index (χ1) is 8.09. The number of hydrogen-bond donors (Lipinski definition) is 0. The van der Waals surface area contributed by atoms with E-state index in [1.165, 1.54) is 28.0 Å². The number of aromatic nitrogens is 1. The summed E-state index contributed by atoms with van der Waals surface area (Å²) in [5.41, 5.74) is 2.59. The smallest absolute Gasteiger partial charge is 0.268 e. The summed E-state index contributed by atoms with van der Waals surface area (Å²) in [6.45, 7) is 4.21. The summed E-state index contributed by atoms with van der Waals surface area (Å²) in [6, 6.07) is 8.29. The fraction of sp³-hybridized carbons (Fsp3) is 0.214. The maximum absolute atomic E-state index is 12.1. The first kappa shape index (κ1) is 10.5. The second kappa shape index (κ2) is 3.44. The van der Waals surface area contributed by atoms with E-state index in [9.17, 15) is 4.79 Å². The zero-order chi connectivity index (χ0) is 12.2. The standard InChI is InChI=1S/C14H13NOS/c1-8-5-4-6-10-12(8)9(2)7-11-13(10)14(16)15(3)17-11/h4-7H,1-3H3. The summed E-state index contributed by atoms with van der Waals surface area (Å²) in [5, 5.41) is 3.17. The zero-order valence-electron chi connectivity index (χ0n) is 10.1. The second-order valence-electron chi connectivity index (χ2n) is 4.46. The molecule has 3 aromatic rings. The van der Waals surface area contributed by atoms with E-state index in [0.717, 1.165) is 15.5 Å². The van der Waals surface area contributed by atoms with Crippen LogP contribution in [0.25, 0.3) is 20.9 Å². The average molecular weight is 243 g/mol. The molecule has 0 saturated heterocycles. The largest absolute Gasteiger partial charge is 0.268 e. The van der Waals surface area contributed by atoms with E-state index in [-0.39, 0.29) is 5.56 Å². The Morgan fingerprint density at radius 1 is 1.12 bits per heavy atom. The van der Waals surface area contributed by atoms with Crippen molar-refractivity contribution in [1.82, 2.24) is 3.96 Å². The van der Waals surface area contributed by atoms with Gasteiger partial charge in [0.15, 0.2) is 0 Å². The third-order valence-corrected chi connectivity index (χ3v) is 4.22. The normalized spacial score (nSPS) is 11.5. The van der Waals surface area contributed by atoms with Gasteiger partial charge in [0, 0.05) is 7.05 Å². The molecule has 2 aromatic carbocycles. The first-order valence-electron chi connectivity index (χ1n) is 5.58. The van der Waals surface area contributed by atoms with Crippen LogP contribution in [0.1, 0.15) is 11.1 Å². The van der Waals surface area contributed by atoms with Crippen molar-refractivity contribution in [3.05, 3.63) is 45.7 Å². The van der Waals surface area contributed by atoms with Crippen molar-refractivity contribution < 1.29 is 0 Å². The molecule has 0 amide bonds. The van der Waals surface area contributed by atoms with Crippen LogP contribution in [0.3, 0.4) is 0 Å². The zero-order valence-corrected chi connectivity index (χ0v) is 10.9. The molecule has 0 saturated carbocycles. The predicted octanol–water partition coefficient (Wildman–Crippen LogP) is 3.37. The summed E-state index contributed by atoms with van der Waals surface area (Å²) < 4.78 is 2.78. The number of benzene rings is 2. The minimum absolute atomic E-state index is 0.112. The second-order valence-corrected chi connectivity index (χ2v) is 5.63. The molecule has 86 valence electrons. The van der Waals surface area contributed by atoms with E-state index < -0.39 is 0 Å². The van der Waals surface area contributed by atoms with Gasteiger partial charge in [-0.25, -0.2) is 0 Å². The Balaban J connectivity index is 2.73. The lowest BCUT2D eigenvalue weighted by Gasteiger charge is -2.06. The molecule has 1 aromatic heterocycles. The van der Waals surface area contributed by atoms with Crippen LogP contribution in [-0.4, -0.2) is 3.96 Å². The topological polar surface area (TPSA) is 22.0 Å². The minimum Gasteiger partial charge on any atom is -0.268 e. The molecular formula is C14H13NOS. The van der Waals surface area contributed by atoms with Crippen molar-refractivity contribution in [2.24, 2.45) is 7.05 Å². The number of aryl methyl sites for hydroxylation is 3. The molecule has 0 aliphatic heterocycles. The third kappa shape index (κ3) is 1.35. The van der Waals surface area contributed by atoms with Gasteiger partial charge in [-0.2, -0.15) is 0 Å². The van der Waals surface area contributed by atoms with Crippen molar-refractivity contribution in [1.29, 1.82) is 0 Å². The van der Waals surface area contributed by atoms with Crippen LogP contribution in [0, 0.1) is 13.8 Å². The lowest BCUT2D eigenvalue weighted by Crippen LogP contribution is -2.08. The van der Waals surface area contributed by atoms with E-state index in [0.29, 0.717) is 0 Å². The molecule has 0 atom stereocenters. The molecule has 3 rings (SSSR count). The molecule has 2 nitrogen and oxygen atoms in total. The van der Waals surface area contributed by atoms with Crippen LogP contribution in [0.4, 0.5) is 0 Å². The highest BCUT2D eigenvalue weighted by molar-refractivity contribution is 7.14. The fourth-order valence-corrected chi connectivity index (χ4v) is 3.50. The Labute approximate surface area is 103 Å². The van der Waals surface area contributed by atoms with Gasteiger partial charge in [-0.15, -0.1) is 0 Å². The summed E-state index contributed by atoms with van der Waals surface area (Å²) in [6.07, 6.45) is 0. The van der Waals surface area contributed by atoms with E-state index in [2.05, 4.69) is 26.0 Å². The molecule has 0 spiro atoms. The molecule has 0 unspecified atom stereocenters. The highest BCUT2D eigenvalue weighted by Gasteiger charge is 2.12. The monoisotopic (exact) mass is 243 g/mol. The maximum Gasteiger partial charge on any atom is 0.268 e. The molecule has 0 bridgehead atoms. The SMILES string of the molecule is Cc1cccc2c1c(C)cc1sn(C)c(=O)c12. The Kier molecular flexibility index (Phi) is 2.13. The number of nitrogens with zero attached hydrogens (tertiary/aromatic N) is 1. The lowest BCUT2D eigenvalue weighted by molar-refractivity contribution is 0.990. The Bertz CT molecular complexity index is 795. The molecule has 0 radical (unpaired) electrons. The van der Waals surface area contributed by atoms with Crippen LogP contribution in [0.15, 0.2) is 29.1 Å². The molecule has 0 aliphatic rings. The highest BCUT2D eigenvalue weighted by Crippen LogP contribution is 2.30. The van der Waals surface area contributed by atoms with Crippen LogP contribution in [0.5, 0.6) is 0 Å². The number of fused-ring (bicyclic) bond motifs is 3. The van der Waals surface area contributed by atoms with Gasteiger partial charge >= 0.3 is 0 Å². The summed E-state index contributed by atoms with van der Waals surface area (Å²) >= 11 is 1.52. The summed E-state index contributed by atoms with van der Waals surface area (Å²) in [4.78, 5) is 12.1. The molecule has 1 heterocycles. The summed E-state index contributed by atoms with van der Waals surface area (Å²) in [5.74, 6) is 0. The van der Waals surface area contributed by atoms with Crippen LogP contribution >= 0.6 is 11.5 Å². The van der Waals surface area contributed by atoms with Crippen LogP contribution in [0.2, 0.25) is 0 Å². The van der Waals surface area contributed by atoms with E-state index in [4.69, 9.17) is 0 Å². The highest BCUT2D eigenvalue weighted by atomic mass is 32.1. The van der Waals surface area contributed by atoms with Crippen LogP contribution < -0.4 is 5.56 Å². The lowest BCUT2D eigenvalue weighted by atomic mass is 9.98. The van der Waals surface area contributed by atoms with Crippen molar-refractivity contribution >= 4 is 32.4 Å². The fourth-order valence-electron chi connectivity index (χ4n) is 2.51. The predicted molar refractivity (Wildman–Crippen MR) is 74.0 cm³/mol. The number of rotatable bonds is 0. The molecule has 0 N–H and O–H groups in total. The molecule has 17 heavy (non-hydrogen) atoms. The van der Waals surface area contributed by atoms with Crippen molar-refractivity contribution in [2.45, 2.75) is 13.8 Å². The molecule has 0 fully saturated rings. The number of hydrogen-bond acceptors (Lipinski definition) is 2. The molecule has 3 heteroatoms. The van der Waals surface area contributed by atoms with E-state index in [1.54, 1.807) is 3.96 Å². The van der Waals surface area contributed by atoms with E-state index >= 15 is 0 Å². The van der Waals surface area contributed by atoms with Gasteiger partial charge in [-0.3, -0.25) is 8.75 Å². The Morgan fingerprint density at radius 2 is 1.88 bits per heavy atom. The molecular weight excluding hydrogens is 230 g/mol.